The maximum atomic E-state index is 5.46. The predicted octanol–water partition coefficient (Wildman–Crippen LogP) is 2.97. The van der Waals surface area contributed by atoms with Crippen LogP contribution in [0, 0.1) is 11.3 Å². The van der Waals surface area contributed by atoms with Gasteiger partial charge in [0, 0.05) is 19.2 Å². The Morgan fingerprint density at radius 2 is 2.25 bits per heavy atom. The number of nitrogens with one attached hydrogen (secondary N) is 1. The standard InChI is InChI=1S/C14H27NO/c1-3-6-14(7-4-8-14)11-15-12(2)13-5-9-16-10-13/h12-13,15H,3-11H2,1-2H3. The highest BCUT2D eigenvalue weighted by Gasteiger charge is 2.36. The van der Waals surface area contributed by atoms with Gasteiger partial charge in [0.2, 0.25) is 0 Å². The third-order valence-electron chi connectivity index (χ3n) is 4.67. The topological polar surface area (TPSA) is 21.3 Å². The van der Waals surface area contributed by atoms with E-state index < -0.39 is 0 Å². The molecule has 2 atom stereocenters. The third kappa shape index (κ3) is 2.78. The van der Waals surface area contributed by atoms with E-state index in [4.69, 9.17) is 4.74 Å². The second-order valence-electron chi connectivity index (χ2n) is 5.90. The molecule has 1 aliphatic heterocycles. The van der Waals surface area contributed by atoms with Crippen LogP contribution in [0.15, 0.2) is 0 Å². The minimum Gasteiger partial charge on any atom is -0.381 e. The van der Waals surface area contributed by atoms with Crippen molar-refractivity contribution in [3.63, 3.8) is 0 Å². The van der Waals surface area contributed by atoms with E-state index in [1.165, 1.54) is 45.1 Å². The molecule has 0 spiro atoms. The van der Waals surface area contributed by atoms with E-state index in [1.54, 1.807) is 0 Å². The summed E-state index contributed by atoms with van der Waals surface area (Å²) in [5.41, 5.74) is 0.655. The summed E-state index contributed by atoms with van der Waals surface area (Å²) in [6.07, 6.45) is 8.33. The lowest BCUT2D eigenvalue weighted by atomic mass is 9.66. The van der Waals surface area contributed by atoms with Crippen molar-refractivity contribution in [2.75, 3.05) is 19.8 Å². The molecule has 2 nitrogen and oxygen atoms in total. The first-order valence-corrected chi connectivity index (χ1v) is 7.07. The molecule has 2 unspecified atom stereocenters. The van der Waals surface area contributed by atoms with Crippen molar-refractivity contribution >= 4 is 0 Å². The van der Waals surface area contributed by atoms with Crippen LogP contribution in [-0.2, 0) is 4.74 Å². The van der Waals surface area contributed by atoms with Crippen LogP contribution in [0.3, 0.4) is 0 Å². The van der Waals surface area contributed by atoms with Gasteiger partial charge in [0.15, 0.2) is 0 Å². The summed E-state index contributed by atoms with van der Waals surface area (Å²) >= 11 is 0. The SMILES string of the molecule is CCCC1(CNC(C)C2CCOC2)CCC1. The summed E-state index contributed by atoms with van der Waals surface area (Å²) in [5.74, 6) is 0.749. The van der Waals surface area contributed by atoms with Crippen LogP contribution in [0.25, 0.3) is 0 Å². The highest BCUT2D eigenvalue weighted by atomic mass is 16.5. The maximum absolute atomic E-state index is 5.46. The Labute approximate surface area is 100 Å². The Morgan fingerprint density at radius 1 is 1.44 bits per heavy atom. The van der Waals surface area contributed by atoms with Crippen molar-refractivity contribution in [3.8, 4) is 0 Å². The summed E-state index contributed by atoms with van der Waals surface area (Å²) in [6.45, 7) is 7.82. The lowest BCUT2D eigenvalue weighted by Gasteiger charge is -2.43. The second-order valence-corrected chi connectivity index (χ2v) is 5.90. The van der Waals surface area contributed by atoms with Gasteiger partial charge >= 0.3 is 0 Å². The van der Waals surface area contributed by atoms with Gasteiger partial charge in [-0.3, -0.25) is 0 Å². The molecule has 0 bridgehead atoms. The fourth-order valence-electron chi connectivity index (χ4n) is 3.21. The highest BCUT2D eigenvalue weighted by molar-refractivity contribution is 4.90. The van der Waals surface area contributed by atoms with E-state index in [0.29, 0.717) is 11.5 Å². The van der Waals surface area contributed by atoms with Crippen LogP contribution in [0.1, 0.15) is 52.4 Å². The summed E-state index contributed by atoms with van der Waals surface area (Å²) in [4.78, 5) is 0. The quantitative estimate of drug-likeness (QED) is 0.750. The lowest BCUT2D eigenvalue weighted by Crippen LogP contribution is -2.45. The van der Waals surface area contributed by atoms with Crippen molar-refractivity contribution in [2.24, 2.45) is 11.3 Å². The molecule has 2 rings (SSSR count). The molecular formula is C14H27NO. The van der Waals surface area contributed by atoms with E-state index in [0.717, 1.165) is 19.1 Å². The number of hydrogen-bond donors (Lipinski definition) is 1. The van der Waals surface area contributed by atoms with Gasteiger partial charge in [-0.2, -0.15) is 0 Å². The molecule has 1 saturated carbocycles. The van der Waals surface area contributed by atoms with E-state index >= 15 is 0 Å². The molecule has 2 aliphatic rings. The zero-order valence-corrected chi connectivity index (χ0v) is 10.9. The molecule has 0 radical (unpaired) electrons. The van der Waals surface area contributed by atoms with Crippen molar-refractivity contribution in [2.45, 2.75) is 58.4 Å². The van der Waals surface area contributed by atoms with Crippen LogP contribution in [0.5, 0.6) is 0 Å². The second kappa shape index (κ2) is 5.50. The number of ether oxygens (including phenoxy) is 1. The Morgan fingerprint density at radius 3 is 2.75 bits per heavy atom. The molecule has 0 aromatic carbocycles. The fraction of sp³-hybridized carbons (Fsp3) is 1.00. The zero-order valence-electron chi connectivity index (χ0n) is 10.9. The van der Waals surface area contributed by atoms with E-state index in [9.17, 15) is 0 Å². The van der Waals surface area contributed by atoms with E-state index in [2.05, 4.69) is 19.2 Å². The van der Waals surface area contributed by atoms with Crippen molar-refractivity contribution < 1.29 is 4.74 Å². The van der Waals surface area contributed by atoms with Gasteiger partial charge in [0.25, 0.3) is 0 Å². The molecular weight excluding hydrogens is 198 g/mol. The fourth-order valence-corrected chi connectivity index (χ4v) is 3.21. The lowest BCUT2D eigenvalue weighted by molar-refractivity contribution is 0.105. The first-order valence-electron chi connectivity index (χ1n) is 7.07. The molecule has 0 amide bonds. The highest BCUT2D eigenvalue weighted by Crippen LogP contribution is 2.44. The van der Waals surface area contributed by atoms with Crippen molar-refractivity contribution in [1.29, 1.82) is 0 Å². The Bertz CT molecular complexity index is 207. The first kappa shape index (κ1) is 12.4. The Balaban J connectivity index is 1.72. The molecule has 2 heteroatoms. The van der Waals surface area contributed by atoms with Crippen LogP contribution < -0.4 is 5.32 Å². The molecule has 0 aromatic heterocycles. The average Bonchev–Trinajstić information content (AvgIpc) is 2.74. The molecule has 1 N–H and O–H groups in total. The van der Waals surface area contributed by atoms with Gasteiger partial charge < -0.3 is 10.1 Å². The molecule has 94 valence electrons. The predicted molar refractivity (Wildman–Crippen MR) is 67.6 cm³/mol. The summed E-state index contributed by atoms with van der Waals surface area (Å²) in [6, 6.07) is 0.636. The van der Waals surface area contributed by atoms with Gasteiger partial charge in [-0.25, -0.2) is 0 Å². The van der Waals surface area contributed by atoms with Crippen LogP contribution in [0.2, 0.25) is 0 Å². The van der Waals surface area contributed by atoms with Gasteiger partial charge in [0.1, 0.15) is 0 Å². The van der Waals surface area contributed by atoms with Crippen LogP contribution >= 0.6 is 0 Å². The molecule has 1 heterocycles. The first-order chi connectivity index (χ1) is 7.76. The number of rotatable bonds is 6. The van der Waals surface area contributed by atoms with Crippen molar-refractivity contribution in [1.82, 2.24) is 5.32 Å². The normalized spacial score (nSPS) is 30.0. The molecule has 0 aromatic rings. The van der Waals surface area contributed by atoms with Crippen molar-refractivity contribution in [3.05, 3.63) is 0 Å². The maximum Gasteiger partial charge on any atom is 0.0509 e. The minimum absolute atomic E-state index is 0.636. The van der Waals surface area contributed by atoms with E-state index in [-0.39, 0.29) is 0 Å². The molecule has 16 heavy (non-hydrogen) atoms. The summed E-state index contributed by atoms with van der Waals surface area (Å²) < 4.78 is 5.46. The average molecular weight is 225 g/mol. The van der Waals surface area contributed by atoms with Gasteiger partial charge in [-0.15, -0.1) is 0 Å². The Kier molecular flexibility index (Phi) is 4.26. The molecule has 1 saturated heterocycles. The zero-order chi connectivity index (χ0) is 11.4. The smallest absolute Gasteiger partial charge is 0.0509 e. The number of hydrogen-bond acceptors (Lipinski definition) is 2. The Hall–Kier alpha value is -0.0800. The van der Waals surface area contributed by atoms with Gasteiger partial charge in [-0.05, 0) is 43.9 Å². The van der Waals surface area contributed by atoms with Crippen LogP contribution in [0.4, 0.5) is 0 Å². The molecule has 1 aliphatic carbocycles. The summed E-state index contributed by atoms with van der Waals surface area (Å²) in [7, 11) is 0. The summed E-state index contributed by atoms with van der Waals surface area (Å²) in [5, 5.41) is 3.77. The van der Waals surface area contributed by atoms with Gasteiger partial charge in [-0.1, -0.05) is 19.8 Å². The monoisotopic (exact) mass is 225 g/mol. The van der Waals surface area contributed by atoms with Crippen LogP contribution in [-0.4, -0.2) is 25.8 Å². The largest absolute Gasteiger partial charge is 0.381 e. The minimum atomic E-state index is 0.636. The van der Waals surface area contributed by atoms with E-state index in [1.807, 2.05) is 0 Å². The third-order valence-corrected chi connectivity index (χ3v) is 4.67. The molecule has 2 fully saturated rings. The van der Waals surface area contributed by atoms with Gasteiger partial charge in [0.05, 0.1) is 6.61 Å².